The third-order valence-corrected chi connectivity index (χ3v) is 2.76. The van der Waals surface area contributed by atoms with E-state index in [0.29, 0.717) is 4.47 Å². The zero-order valence-electron chi connectivity index (χ0n) is 9.32. The zero-order valence-corrected chi connectivity index (χ0v) is 10.9. The van der Waals surface area contributed by atoms with Crippen LogP contribution in [0.2, 0.25) is 0 Å². The van der Waals surface area contributed by atoms with Crippen LogP contribution in [0.4, 0.5) is 14.5 Å². The van der Waals surface area contributed by atoms with Crippen molar-refractivity contribution in [3.63, 3.8) is 0 Å². The Morgan fingerprint density at radius 3 is 2.68 bits per heavy atom. The molecule has 0 aliphatic heterocycles. The van der Waals surface area contributed by atoms with E-state index in [0.717, 1.165) is 12.1 Å². The molecule has 0 fully saturated rings. The molecule has 1 aromatic carbocycles. The number of hydrogen-bond acceptors (Lipinski definition) is 3. The maximum Gasteiger partial charge on any atom is 0.259 e. The van der Waals surface area contributed by atoms with E-state index in [-0.39, 0.29) is 17.0 Å². The number of amides is 1. The summed E-state index contributed by atoms with van der Waals surface area (Å²) in [7, 11) is 0. The summed E-state index contributed by atoms with van der Waals surface area (Å²) >= 11 is 3.15. The number of benzene rings is 1. The van der Waals surface area contributed by atoms with Crippen LogP contribution < -0.4 is 5.32 Å². The normalized spacial score (nSPS) is 10.3. The van der Waals surface area contributed by atoms with E-state index in [4.69, 9.17) is 0 Å². The highest BCUT2D eigenvalue weighted by atomic mass is 79.9. The highest BCUT2D eigenvalue weighted by Crippen LogP contribution is 2.23. The Kier molecular flexibility index (Phi) is 3.75. The molecule has 98 valence electrons. The summed E-state index contributed by atoms with van der Waals surface area (Å²) in [5, 5.41) is 11.7. The number of carbonyl (C=O) groups is 1. The van der Waals surface area contributed by atoms with Crippen LogP contribution in [0.15, 0.2) is 34.8 Å². The minimum Gasteiger partial charge on any atom is -0.507 e. The number of hydrogen-bond donors (Lipinski definition) is 2. The summed E-state index contributed by atoms with van der Waals surface area (Å²) in [6, 6.07) is 6.20. The van der Waals surface area contributed by atoms with Crippen molar-refractivity contribution in [3.8, 4) is 5.75 Å². The molecule has 7 heteroatoms. The Bertz CT molecular complexity index is 650. The molecule has 0 aliphatic carbocycles. The second-order valence-electron chi connectivity index (χ2n) is 3.59. The Morgan fingerprint density at radius 1 is 1.26 bits per heavy atom. The van der Waals surface area contributed by atoms with Crippen LogP contribution in [0.5, 0.6) is 5.75 Å². The molecule has 2 N–H and O–H groups in total. The van der Waals surface area contributed by atoms with E-state index in [1.165, 1.54) is 12.1 Å². The maximum atomic E-state index is 13.3. The number of phenols is 1. The summed E-state index contributed by atoms with van der Waals surface area (Å²) in [5.41, 5.74) is -0.316. The van der Waals surface area contributed by atoms with Crippen molar-refractivity contribution < 1.29 is 18.7 Å². The standard InChI is InChI=1S/C12H7BrF2N2O2/c13-6-1-3-9(18)7(5-6)12(19)16-8-2-4-10(14)17-11(8)15/h1-5,18H,(H,16,19). The van der Waals surface area contributed by atoms with Gasteiger partial charge in [0.15, 0.2) is 0 Å². The molecule has 2 aromatic rings. The van der Waals surface area contributed by atoms with Crippen LogP contribution in [-0.4, -0.2) is 16.0 Å². The number of aromatic hydroxyl groups is 1. The number of carbonyl (C=O) groups excluding carboxylic acids is 1. The molecule has 1 heterocycles. The minimum atomic E-state index is -1.14. The van der Waals surface area contributed by atoms with Gasteiger partial charge in [-0.1, -0.05) is 15.9 Å². The quantitative estimate of drug-likeness (QED) is 0.833. The lowest BCUT2D eigenvalue weighted by Gasteiger charge is -2.07. The second-order valence-corrected chi connectivity index (χ2v) is 4.50. The van der Waals surface area contributed by atoms with Gasteiger partial charge in [0.25, 0.3) is 5.91 Å². The number of anilines is 1. The SMILES string of the molecule is O=C(Nc1ccc(F)nc1F)c1cc(Br)ccc1O. The largest absolute Gasteiger partial charge is 0.507 e. The first-order chi connectivity index (χ1) is 8.97. The lowest BCUT2D eigenvalue weighted by atomic mass is 10.2. The fourth-order valence-corrected chi connectivity index (χ4v) is 1.75. The van der Waals surface area contributed by atoms with Gasteiger partial charge >= 0.3 is 0 Å². The Labute approximate surface area is 115 Å². The van der Waals surface area contributed by atoms with Gasteiger partial charge < -0.3 is 10.4 Å². The number of phenolic OH excluding ortho intramolecular Hbond substituents is 1. The fraction of sp³-hybridized carbons (Fsp3) is 0. The number of aromatic nitrogens is 1. The smallest absolute Gasteiger partial charge is 0.259 e. The van der Waals surface area contributed by atoms with Gasteiger partial charge in [0, 0.05) is 4.47 Å². The van der Waals surface area contributed by atoms with E-state index in [1.54, 1.807) is 6.07 Å². The highest BCUT2D eigenvalue weighted by Gasteiger charge is 2.14. The van der Waals surface area contributed by atoms with Crippen LogP contribution in [0, 0.1) is 11.9 Å². The van der Waals surface area contributed by atoms with E-state index >= 15 is 0 Å². The van der Waals surface area contributed by atoms with Gasteiger partial charge in [-0.2, -0.15) is 13.8 Å². The van der Waals surface area contributed by atoms with Gasteiger partial charge in [-0.05, 0) is 30.3 Å². The van der Waals surface area contributed by atoms with Crippen molar-refractivity contribution in [2.45, 2.75) is 0 Å². The lowest BCUT2D eigenvalue weighted by Crippen LogP contribution is -2.14. The predicted octanol–water partition coefficient (Wildman–Crippen LogP) is 3.08. The van der Waals surface area contributed by atoms with E-state index in [9.17, 15) is 18.7 Å². The van der Waals surface area contributed by atoms with E-state index < -0.39 is 17.8 Å². The molecule has 0 unspecified atom stereocenters. The summed E-state index contributed by atoms with van der Waals surface area (Å²) in [6.07, 6.45) is 0. The molecule has 19 heavy (non-hydrogen) atoms. The van der Waals surface area contributed by atoms with Gasteiger partial charge in [0.05, 0.1) is 11.3 Å². The third-order valence-electron chi connectivity index (χ3n) is 2.27. The van der Waals surface area contributed by atoms with Crippen LogP contribution in [0.1, 0.15) is 10.4 Å². The Hall–Kier alpha value is -2.02. The molecular weight excluding hydrogens is 322 g/mol. The van der Waals surface area contributed by atoms with Crippen molar-refractivity contribution in [1.29, 1.82) is 0 Å². The third kappa shape index (κ3) is 3.05. The molecule has 0 atom stereocenters. The number of pyridine rings is 1. The number of nitrogens with zero attached hydrogens (tertiary/aromatic N) is 1. The Morgan fingerprint density at radius 2 is 2.00 bits per heavy atom. The molecule has 0 saturated heterocycles. The molecule has 0 radical (unpaired) electrons. The van der Waals surface area contributed by atoms with Crippen molar-refractivity contribution in [2.75, 3.05) is 5.32 Å². The molecular formula is C12H7BrF2N2O2. The van der Waals surface area contributed by atoms with Crippen molar-refractivity contribution in [2.24, 2.45) is 0 Å². The first-order valence-corrected chi connectivity index (χ1v) is 5.88. The van der Waals surface area contributed by atoms with Crippen LogP contribution in [-0.2, 0) is 0 Å². The average Bonchev–Trinajstić information content (AvgIpc) is 2.35. The molecule has 0 bridgehead atoms. The lowest BCUT2D eigenvalue weighted by molar-refractivity contribution is 0.102. The minimum absolute atomic E-state index is 0.0434. The maximum absolute atomic E-state index is 13.3. The molecule has 0 aliphatic rings. The van der Waals surface area contributed by atoms with Crippen molar-refractivity contribution >= 4 is 27.5 Å². The van der Waals surface area contributed by atoms with Gasteiger partial charge in [0.1, 0.15) is 5.75 Å². The first kappa shape index (κ1) is 13.4. The average molecular weight is 329 g/mol. The highest BCUT2D eigenvalue weighted by molar-refractivity contribution is 9.10. The summed E-state index contributed by atoms with van der Waals surface area (Å²) in [6.45, 7) is 0. The van der Waals surface area contributed by atoms with Gasteiger partial charge in [0.2, 0.25) is 11.9 Å². The van der Waals surface area contributed by atoms with Crippen molar-refractivity contribution in [3.05, 3.63) is 52.3 Å². The molecule has 0 saturated carbocycles. The number of nitrogens with one attached hydrogen (secondary N) is 1. The second kappa shape index (κ2) is 5.31. The fourth-order valence-electron chi connectivity index (χ4n) is 1.39. The summed E-state index contributed by atoms with van der Waals surface area (Å²) in [5.74, 6) is -3.11. The zero-order chi connectivity index (χ0) is 14.0. The summed E-state index contributed by atoms with van der Waals surface area (Å²) < 4.78 is 26.5. The molecule has 1 aromatic heterocycles. The predicted molar refractivity (Wildman–Crippen MR) is 67.9 cm³/mol. The van der Waals surface area contributed by atoms with Crippen LogP contribution in [0.3, 0.4) is 0 Å². The van der Waals surface area contributed by atoms with Gasteiger partial charge in [-0.25, -0.2) is 0 Å². The monoisotopic (exact) mass is 328 g/mol. The number of rotatable bonds is 2. The molecule has 4 nitrogen and oxygen atoms in total. The van der Waals surface area contributed by atoms with E-state index in [1.807, 2.05) is 0 Å². The van der Waals surface area contributed by atoms with Gasteiger partial charge in [-0.3, -0.25) is 4.79 Å². The summed E-state index contributed by atoms with van der Waals surface area (Å²) in [4.78, 5) is 14.8. The van der Waals surface area contributed by atoms with E-state index in [2.05, 4.69) is 26.2 Å². The number of halogens is 3. The molecule has 0 spiro atoms. The topological polar surface area (TPSA) is 62.2 Å². The first-order valence-electron chi connectivity index (χ1n) is 5.09. The molecule has 2 rings (SSSR count). The Balaban J connectivity index is 2.28. The van der Waals surface area contributed by atoms with Crippen LogP contribution >= 0.6 is 15.9 Å². The van der Waals surface area contributed by atoms with Gasteiger partial charge in [-0.15, -0.1) is 0 Å². The van der Waals surface area contributed by atoms with Crippen molar-refractivity contribution in [1.82, 2.24) is 4.98 Å². The molecule has 1 amide bonds. The van der Waals surface area contributed by atoms with Crippen LogP contribution in [0.25, 0.3) is 0 Å².